The number of ether oxygens (including phenoxy) is 2. The van der Waals surface area contributed by atoms with Crippen LogP contribution in [-0.2, 0) is 28.7 Å². The first-order chi connectivity index (χ1) is 11.2. The van der Waals surface area contributed by atoms with E-state index in [0.29, 0.717) is 4.90 Å². The van der Waals surface area contributed by atoms with E-state index >= 15 is 0 Å². The van der Waals surface area contributed by atoms with Gasteiger partial charge in [-0.2, -0.15) is 8.78 Å². The molecule has 0 bridgehead atoms. The first-order valence-corrected chi connectivity index (χ1v) is 7.41. The molecule has 1 heterocycles. The second-order valence-electron chi connectivity index (χ2n) is 5.07. The SMILES string of the molecule is CCOC(=O)CC(=O)N1C(C(F)(F)C(=O)OCC)CC[C@H]1C(=O)O. The molecule has 0 aromatic carbocycles. The summed E-state index contributed by atoms with van der Waals surface area (Å²) in [6.07, 6.45) is -1.55. The van der Waals surface area contributed by atoms with Gasteiger partial charge in [0.05, 0.1) is 13.2 Å². The molecule has 0 aliphatic carbocycles. The number of carboxylic acid groups (broad SMARTS) is 1. The van der Waals surface area contributed by atoms with Gasteiger partial charge >= 0.3 is 23.8 Å². The van der Waals surface area contributed by atoms with Gasteiger partial charge < -0.3 is 19.5 Å². The summed E-state index contributed by atoms with van der Waals surface area (Å²) in [5.41, 5.74) is 0. The van der Waals surface area contributed by atoms with E-state index in [1.165, 1.54) is 13.8 Å². The molecule has 1 unspecified atom stereocenters. The van der Waals surface area contributed by atoms with Crippen LogP contribution in [0, 0.1) is 0 Å². The highest BCUT2D eigenvalue weighted by molar-refractivity contribution is 5.97. The second kappa shape index (κ2) is 8.02. The van der Waals surface area contributed by atoms with Crippen LogP contribution in [0.5, 0.6) is 0 Å². The molecule has 10 heteroatoms. The summed E-state index contributed by atoms with van der Waals surface area (Å²) in [4.78, 5) is 46.6. The smallest absolute Gasteiger partial charge is 0.379 e. The number of nitrogens with zero attached hydrogens (tertiary/aromatic N) is 1. The van der Waals surface area contributed by atoms with Gasteiger partial charge in [0.15, 0.2) is 0 Å². The Morgan fingerprint density at radius 3 is 2.21 bits per heavy atom. The number of likely N-dealkylation sites (tertiary alicyclic amines) is 1. The van der Waals surface area contributed by atoms with Crippen molar-refractivity contribution in [1.29, 1.82) is 0 Å². The van der Waals surface area contributed by atoms with Crippen LogP contribution in [-0.4, -0.2) is 65.0 Å². The Kier molecular flexibility index (Phi) is 6.61. The maximum atomic E-state index is 14.3. The molecule has 0 aromatic heterocycles. The standard InChI is InChI=1S/C14H19F2NO7/c1-3-23-11(19)7-10(18)17-8(12(20)21)5-6-9(17)14(15,16)13(22)24-4-2/h8-9H,3-7H2,1-2H3,(H,20,21)/t8-,9?/m0/s1. The molecule has 1 aliphatic heterocycles. The third-order valence-corrected chi connectivity index (χ3v) is 3.53. The monoisotopic (exact) mass is 351 g/mol. The van der Waals surface area contributed by atoms with E-state index in [-0.39, 0.29) is 19.6 Å². The number of hydrogen-bond acceptors (Lipinski definition) is 6. The lowest BCUT2D eigenvalue weighted by Crippen LogP contribution is -2.55. The van der Waals surface area contributed by atoms with Gasteiger partial charge in [0.25, 0.3) is 0 Å². The molecule has 8 nitrogen and oxygen atoms in total. The van der Waals surface area contributed by atoms with Gasteiger partial charge in [0, 0.05) is 0 Å². The Morgan fingerprint density at radius 1 is 1.12 bits per heavy atom. The molecule has 0 radical (unpaired) electrons. The Morgan fingerprint density at radius 2 is 1.71 bits per heavy atom. The van der Waals surface area contributed by atoms with Crippen molar-refractivity contribution in [3.63, 3.8) is 0 Å². The van der Waals surface area contributed by atoms with Crippen molar-refractivity contribution in [3.05, 3.63) is 0 Å². The highest BCUT2D eigenvalue weighted by Gasteiger charge is 2.58. The van der Waals surface area contributed by atoms with Crippen molar-refractivity contribution < 1.29 is 42.5 Å². The van der Waals surface area contributed by atoms with Gasteiger partial charge in [-0.25, -0.2) is 9.59 Å². The molecule has 0 spiro atoms. The topological polar surface area (TPSA) is 110 Å². The van der Waals surface area contributed by atoms with Crippen LogP contribution in [0.25, 0.3) is 0 Å². The van der Waals surface area contributed by atoms with Crippen LogP contribution < -0.4 is 0 Å². The number of carboxylic acids is 1. The van der Waals surface area contributed by atoms with Crippen molar-refractivity contribution in [3.8, 4) is 0 Å². The van der Waals surface area contributed by atoms with E-state index in [1.807, 2.05) is 0 Å². The van der Waals surface area contributed by atoms with Crippen molar-refractivity contribution in [2.75, 3.05) is 13.2 Å². The molecular formula is C14H19F2NO7. The summed E-state index contributed by atoms with van der Waals surface area (Å²) in [7, 11) is 0. The molecule has 1 rings (SSSR count). The van der Waals surface area contributed by atoms with Crippen molar-refractivity contribution >= 4 is 23.8 Å². The number of rotatable bonds is 7. The van der Waals surface area contributed by atoms with E-state index < -0.39 is 54.7 Å². The molecule has 24 heavy (non-hydrogen) atoms. The lowest BCUT2D eigenvalue weighted by molar-refractivity contribution is -0.184. The zero-order valence-corrected chi connectivity index (χ0v) is 13.3. The molecular weight excluding hydrogens is 332 g/mol. The maximum absolute atomic E-state index is 14.3. The van der Waals surface area contributed by atoms with Gasteiger partial charge in [0.2, 0.25) is 5.91 Å². The number of esters is 2. The van der Waals surface area contributed by atoms with Gasteiger partial charge in [-0.05, 0) is 26.7 Å². The number of halogens is 2. The van der Waals surface area contributed by atoms with Crippen LogP contribution in [0.2, 0.25) is 0 Å². The first-order valence-electron chi connectivity index (χ1n) is 7.41. The fraction of sp³-hybridized carbons (Fsp3) is 0.714. The van der Waals surface area contributed by atoms with Crippen molar-refractivity contribution in [1.82, 2.24) is 4.90 Å². The van der Waals surface area contributed by atoms with Crippen LogP contribution in [0.1, 0.15) is 33.1 Å². The highest BCUT2D eigenvalue weighted by atomic mass is 19.3. The second-order valence-corrected chi connectivity index (χ2v) is 5.07. The zero-order valence-electron chi connectivity index (χ0n) is 13.3. The van der Waals surface area contributed by atoms with Gasteiger partial charge in [-0.1, -0.05) is 0 Å². The molecule has 2 atom stereocenters. The number of aliphatic carboxylic acids is 1. The fourth-order valence-corrected chi connectivity index (χ4v) is 2.55. The summed E-state index contributed by atoms with van der Waals surface area (Å²) in [5, 5.41) is 9.12. The van der Waals surface area contributed by atoms with Crippen molar-refractivity contribution in [2.45, 2.75) is 51.1 Å². The van der Waals surface area contributed by atoms with Crippen LogP contribution >= 0.6 is 0 Å². The lowest BCUT2D eigenvalue weighted by Gasteiger charge is -2.32. The number of amides is 1. The number of carbonyl (C=O) groups is 4. The average molecular weight is 351 g/mol. The van der Waals surface area contributed by atoms with Crippen LogP contribution in [0.15, 0.2) is 0 Å². The van der Waals surface area contributed by atoms with E-state index in [1.54, 1.807) is 0 Å². The molecule has 0 saturated carbocycles. The minimum atomic E-state index is -4.08. The first kappa shape index (κ1) is 19.8. The van der Waals surface area contributed by atoms with Crippen LogP contribution in [0.3, 0.4) is 0 Å². The Balaban J connectivity index is 3.06. The summed E-state index contributed by atoms with van der Waals surface area (Å²) < 4.78 is 37.4. The quantitative estimate of drug-likeness (QED) is 0.528. The molecule has 1 aliphatic rings. The summed E-state index contributed by atoms with van der Waals surface area (Å²) in [6, 6.07) is -3.53. The van der Waals surface area contributed by atoms with Gasteiger partial charge in [-0.3, -0.25) is 9.59 Å². The average Bonchev–Trinajstić information content (AvgIpc) is 2.93. The summed E-state index contributed by atoms with van der Waals surface area (Å²) >= 11 is 0. The third kappa shape index (κ3) is 4.18. The fourth-order valence-electron chi connectivity index (χ4n) is 2.55. The number of carbonyl (C=O) groups excluding carboxylic acids is 3. The molecule has 1 N–H and O–H groups in total. The lowest BCUT2D eigenvalue weighted by atomic mass is 10.1. The minimum Gasteiger partial charge on any atom is -0.480 e. The molecule has 1 saturated heterocycles. The largest absolute Gasteiger partial charge is 0.480 e. The van der Waals surface area contributed by atoms with Gasteiger partial charge in [0.1, 0.15) is 18.5 Å². The highest BCUT2D eigenvalue weighted by Crippen LogP contribution is 2.36. The van der Waals surface area contributed by atoms with E-state index in [4.69, 9.17) is 5.11 Å². The molecule has 1 amide bonds. The predicted molar refractivity (Wildman–Crippen MR) is 74.1 cm³/mol. The summed E-state index contributed by atoms with van der Waals surface area (Å²) in [5.74, 6) is -9.50. The molecule has 0 aromatic rings. The Hall–Kier alpha value is -2.26. The minimum absolute atomic E-state index is 0.0170. The Bertz CT molecular complexity index is 523. The number of alkyl halides is 2. The van der Waals surface area contributed by atoms with Crippen molar-refractivity contribution in [2.24, 2.45) is 0 Å². The van der Waals surface area contributed by atoms with E-state index in [0.717, 1.165) is 0 Å². The van der Waals surface area contributed by atoms with Crippen LogP contribution in [0.4, 0.5) is 8.78 Å². The Labute approximate surface area is 136 Å². The van der Waals surface area contributed by atoms with E-state index in [9.17, 15) is 28.0 Å². The third-order valence-electron chi connectivity index (χ3n) is 3.53. The van der Waals surface area contributed by atoms with E-state index in [2.05, 4.69) is 9.47 Å². The molecule has 136 valence electrons. The normalized spacial score (nSPS) is 20.6. The van der Waals surface area contributed by atoms with Gasteiger partial charge in [-0.15, -0.1) is 0 Å². The molecule has 1 fully saturated rings. The number of hydrogen-bond donors (Lipinski definition) is 1. The zero-order chi connectivity index (χ0) is 18.5. The predicted octanol–water partition coefficient (Wildman–Crippen LogP) is 0.582. The maximum Gasteiger partial charge on any atom is 0.379 e. The summed E-state index contributed by atoms with van der Waals surface area (Å²) in [6.45, 7) is 2.53.